The van der Waals surface area contributed by atoms with Crippen LogP contribution >= 0.6 is 15.9 Å². The Morgan fingerprint density at radius 3 is 2.14 bits per heavy atom. The average Bonchev–Trinajstić information content (AvgIpc) is 2.38. The lowest BCUT2D eigenvalue weighted by molar-refractivity contribution is -0.129. The minimum Gasteiger partial charge on any atom is -0.352 e. The van der Waals surface area contributed by atoms with E-state index in [2.05, 4.69) is 26.6 Å². The highest BCUT2D eigenvalue weighted by atomic mass is 79.9. The normalized spacial score (nSPS) is 13.6. The first-order valence-corrected chi connectivity index (χ1v) is 7.90. The average molecular weight is 355 g/mol. The molecule has 1 aromatic rings. The summed E-state index contributed by atoms with van der Waals surface area (Å²) in [5, 5.41) is 5.66. The van der Waals surface area contributed by atoms with Crippen molar-refractivity contribution in [2.24, 2.45) is 5.92 Å². The third-order valence-electron chi connectivity index (χ3n) is 3.15. The highest BCUT2D eigenvalue weighted by Gasteiger charge is 2.23. The van der Waals surface area contributed by atoms with Crippen molar-refractivity contribution in [2.45, 2.75) is 46.2 Å². The fraction of sp³-hybridized carbons (Fsp3) is 0.500. The summed E-state index contributed by atoms with van der Waals surface area (Å²) in [4.78, 5) is 23.4. The lowest BCUT2D eigenvalue weighted by Gasteiger charge is -2.23. The van der Waals surface area contributed by atoms with Crippen LogP contribution in [0, 0.1) is 5.92 Å². The minimum absolute atomic E-state index is 0.00804. The molecule has 0 aliphatic carbocycles. The first-order chi connectivity index (χ1) is 9.79. The monoisotopic (exact) mass is 354 g/mol. The maximum Gasteiger partial charge on any atom is 0.243 e. The highest BCUT2D eigenvalue weighted by Crippen LogP contribution is 2.12. The van der Waals surface area contributed by atoms with Crippen LogP contribution in [-0.2, 0) is 16.0 Å². The number of halogens is 1. The number of amides is 2. The molecule has 2 N–H and O–H groups in total. The van der Waals surface area contributed by atoms with E-state index in [0.717, 1.165) is 16.5 Å². The van der Waals surface area contributed by atoms with Gasteiger partial charge in [-0.2, -0.15) is 0 Å². The summed E-state index contributed by atoms with van der Waals surface area (Å²) in [7, 11) is 0. The van der Waals surface area contributed by atoms with E-state index in [9.17, 15) is 9.59 Å². The van der Waals surface area contributed by atoms with Crippen molar-refractivity contribution in [3.05, 3.63) is 34.3 Å². The molecule has 0 saturated heterocycles. The Hall–Kier alpha value is -1.36. The number of hydrogen-bond donors (Lipinski definition) is 2. The number of rotatable bonds is 6. The van der Waals surface area contributed by atoms with Gasteiger partial charge in [0.05, 0.1) is 0 Å². The van der Waals surface area contributed by atoms with E-state index < -0.39 is 6.04 Å². The zero-order valence-corrected chi connectivity index (χ0v) is 14.5. The molecule has 0 fully saturated rings. The molecule has 0 bridgehead atoms. The van der Waals surface area contributed by atoms with E-state index in [1.165, 1.54) is 6.92 Å². The van der Waals surface area contributed by atoms with Crippen molar-refractivity contribution in [2.75, 3.05) is 0 Å². The van der Waals surface area contributed by atoms with Crippen LogP contribution in [0.5, 0.6) is 0 Å². The maximum absolute atomic E-state index is 12.2. The molecule has 116 valence electrons. The standard InChI is InChI=1S/C16H23BrN2O2/c1-10(2)15(19-12(4)20)16(21)18-11(3)9-13-5-7-14(17)8-6-13/h5-8,10-11,15H,9H2,1-4H3,(H,18,21)(H,19,20). The van der Waals surface area contributed by atoms with Crippen molar-refractivity contribution >= 4 is 27.7 Å². The van der Waals surface area contributed by atoms with Crippen LogP contribution in [0.4, 0.5) is 0 Å². The molecule has 0 aromatic heterocycles. The zero-order valence-electron chi connectivity index (χ0n) is 12.9. The molecule has 2 unspecified atom stereocenters. The van der Waals surface area contributed by atoms with Gasteiger partial charge in [0.25, 0.3) is 0 Å². The Kier molecular flexibility index (Phi) is 6.89. The van der Waals surface area contributed by atoms with Gasteiger partial charge in [0.2, 0.25) is 11.8 Å². The molecule has 0 aliphatic rings. The minimum atomic E-state index is -0.491. The van der Waals surface area contributed by atoms with Gasteiger partial charge in [-0.1, -0.05) is 41.9 Å². The first-order valence-electron chi connectivity index (χ1n) is 7.11. The van der Waals surface area contributed by atoms with Gasteiger partial charge in [0.15, 0.2) is 0 Å². The second kappa shape index (κ2) is 8.17. The van der Waals surface area contributed by atoms with Gasteiger partial charge >= 0.3 is 0 Å². The summed E-state index contributed by atoms with van der Waals surface area (Å²) >= 11 is 3.40. The van der Waals surface area contributed by atoms with Crippen molar-refractivity contribution in [3.8, 4) is 0 Å². The second-order valence-electron chi connectivity index (χ2n) is 5.66. The fourth-order valence-electron chi connectivity index (χ4n) is 2.11. The largest absolute Gasteiger partial charge is 0.352 e. The quantitative estimate of drug-likeness (QED) is 0.824. The van der Waals surface area contributed by atoms with Gasteiger partial charge in [0, 0.05) is 17.4 Å². The number of nitrogens with one attached hydrogen (secondary N) is 2. The molecular formula is C16H23BrN2O2. The summed E-state index contributed by atoms with van der Waals surface area (Å²) in [6.45, 7) is 7.22. The van der Waals surface area contributed by atoms with Crippen molar-refractivity contribution in [3.63, 3.8) is 0 Å². The first kappa shape index (κ1) is 17.7. The fourth-order valence-corrected chi connectivity index (χ4v) is 2.38. The van der Waals surface area contributed by atoms with E-state index in [1.54, 1.807) is 0 Å². The molecule has 0 heterocycles. The molecular weight excluding hydrogens is 332 g/mol. The lowest BCUT2D eigenvalue weighted by atomic mass is 10.0. The predicted octanol–water partition coefficient (Wildman–Crippen LogP) is 2.66. The molecule has 21 heavy (non-hydrogen) atoms. The topological polar surface area (TPSA) is 58.2 Å². The Morgan fingerprint density at radius 2 is 1.67 bits per heavy atom. The molecule has 0 radical (unpaired) electrons. The second-order valence-corrected chi connectivity index (χ2v) is 6.58. The van der Waals surface area contributed by atoms with Gasteiger partial charge in [-0.05, 0) is 37.0 Å². The summed E-state index contributed by atoms with van der Waals surface area (Å²) in [6, 6.07) is 7.54. The number of carbonyl (C=O) groups is 2. The molecule has 1 aromatic carbocycles. The molecule has 2 atom stereocenters. The van der Waals surface area contributed by atoms with Crippen LogP contribution in [0.15, 0.2) is 28.7 Å². The van der Waals surface area contributed by atoms with Crippen LogP contribution in [0.3, 0.4) is 0 Å². The van der Waals surface area contributed by atoms with Gasteiger partial charge < -0.3 is 10.6 Å². The van der Waals surface area contributed by atoms with Gasteiger partial charge in [-0.3, -0.25) is 9.59 Å². The van der Waals surface area contributed by atoms with Crippen molar-refractivity contribution in [1.29, 1.82) is 0 Å². The van der Waals surface area contributed by atoms with Crippen LogP contribution in [-0.4, -0.2) is 23.9 Å². The molecule has 0 spiro atoms. The van der Waals surface area contributed by atoms with Gasteiger partial charge in [0.1, 0.15) is 6.04 Å². The molecule has 4 nitrogen and oxygen atoms in total. The lowest BCUT2D eigenvalue weighted by Crippen LogP contribution is -2.51. The van der Waals surface area contributed by atoms with Crippen LogP contribution < -0.4 is 10.6 Å². The molecule has 0 saturated carbocycles. The third-order valence-corrected chi connectivity index (χ3v) is 3.68. The van der Waals surface area contributed by atoms with Crippen LogP contribution in [0.2, 0.25) is 0 Å². The van der Waals surface area contributed by atoms with Gasteiger partial charge in [-0.15, -0.1) is 0 Å². The van der Waals surface area contributed by atoms with E-state index in [-0.39, 0.29) is 23.8 Å². The van der Waals surface area contributed by atoms with Gasteiger partial charge in [-0.25, -0.2) is 0 Å². The van der Waals surface area contributed by atoms with E-state index in [0.29, 0.717) is 0 Å². The number of benzene rings is 1. The Morgan fingerprint density at radius 1 is 1.10 bits per heavy atom. The maximum atomic E-state index is 12.2. The summed E-state index contributed by atoms with van der Waals surface area (Å²) in [5.41, 5.74) is 1.16. The molecule has 0 aliphatic heterocycles. The van der Waals surface area contributed by atoms with E-state index >= 15 is 0 Å². The van der Waals surface area contributed by atoms with E-state index in [4.69, 9.17) is 0 Å². The predicted molar refractivity (Wildman–Crippen MR) is 87.9 cm³/mol. The Bertz CT molecular complexity index is 486. The Balaban J connectivity index is 2.59. The SMILES string of the molecule is CC(=O)NC(C(=O)NC(C)Cc1ccc(Br)cc1)C(C)C. The molecule has 2 amide bonds. The third kappa shape index (κ3) is 6.29. The summed E-state index contributed by atoms with van der Waals surface area (Å²) in [6.07, 6.45) is 0.754. The number of carbonyl (C=O) groups excluding carboxylic acids is 2. The van der Waals surface area contributed by atoms with Crippen LogP contribution in [0.25, 0.3) is 0 Å². The summed E-state index contributed by atoms with van der Waals surface area (Å²) in [5.74, 6) is -0.275. The molecule has 1 rings (SSSR count). The number of hydrogen-bond acceptors (Lipinski definition) is 2. The molecule has 5 heteroatoms. The smallest absolute Gasteiger partial charge is 0.243 e. The van der Waals surface area contributed by atoms with Crippen LogP contribution in [0.1, 0.15) is 33.3 Å². The van der Waals surface area contributed by atoms with E-state index in [1.807, 2.05) is 45.0 Å². The van der Waals surface area contributed by atoms with Crippen molar-refractivity contribution in [1.82, 2.24) is 10.6 Å². The van der Waals surface area contributed by atoms with Crippen molar-refractivity contribution < 1.29 is 9.59 Å². The Labute approximate surface area is 134 Å². The zero-order chi connectivity index (χ0) is 16.0. The highest BCUT2D eigenvalue weighted by molar-refractivity contribution is 9.10. The summed E-state index contributed by atoms with van der Waals surface area (Å²) < 4.78 is 1.04.